The van der Waals surface area contributed by atoms with Crippen LogP contribution >= 0.6 is 0 Å². The van der Waals surface area contributed by atoms with Crippen molar-refractivity contribution < 1.29 is 5.11 Å². The molecule has 3 atom stereocenters. The zero-order chi connectivity index (χ0) is 7.68. The first-order valence-corrected chi connectivity index (χ1v) is 4.41. The van der Waals surface area contributed by atoms with E-state index in [1.165, 1.54) is 12.8 Å². The minimum absolute atomic E-state index is 0.0880. The van der Waals surface area contributed by atoms with Crippen LogP contribution in [0.15, 0.2) is 24.3 Å². The molecule has 11 heavy (non-hydrogen) atoms. The second-order valence-corrected chi connectivity index (χ2v) is 3.51. The third-order valence-electron chi connectivity index (χ3n) is 2.78. The largest absolute Gasteiger partial charge is 0.392 e. The van der Waals surface area contributed by atoms with Gasteiger partial charge >= 0.3 is 0 Å². The second kappa shape index (κ2) is 2.82. The smallest absolute Gasteiger partial charge is 0.0608 e. The first-order valence-electron chi connectivity index (χ1n) is 4.41. The molecular weight excluding hydrogens is 136 g/mol. The van der Waals surface area contributed by atoms with Gasteiger partial charge in [-0.05, 0) is 18.8 Å². The molecule has 2 rings (SSSR count). The molecule has 2 aliphatic carbocycles. The first kappa shape index (κ1) is 7.11. The lowest BCUT2D eigenvalue weighted by Gasteiger charge is -2.33. The van der Waals surface area contributed by atoms with Crippen LogP contribution in [0.4, 0.5) is 0 Å². The van der Waals surface area contributed by atoms with Crippen molar-refractivity contribution in [3.05, 3.63) is 24.3 Å². The van der Waals surface area contributed by atoms with Crippen LogP contribution in [0.2, 0.25) is 0 Å². The van der Waals surface area contributed by atoms with Crippen LogP contribution in [0.1, 0.15) is 19.3 Å². The fourth-order valence-electron chi connectivity index (χ4n) is 2.13. The summed E-state index contributed by atoms with van der Waals surface area (Å²) in [5.74, 6) is 1.03. The molecule has 1 heteroatoms. The van der Waals surface area contributed by atoms with E-state index in [2.05, 4.69) is 24.3 Å². The molecule has 0 aromatic rings. The van der Waals surface area contributed by atoms with Gasteiger partial charge in [-0.3, -0.25) is 0 Å². The SMILES string of the molecule is OC1CCCC2C=CC=CC12. The van der Waals surface area contributed by atoms with Crippen molar-refractivity contribution in [2.45, 2.75) is 25.4 Å². The van der Waals surface area contributed by atoms with E-state index in [9.17, 15) is 5.11 Å². The van der Waals surface area contributed by atoms with Gasteiger partial charge in [0.2, 0.25) is 0 Å². The first-order chi connectivity index (χ1) is 5.38. The molecule has 0 aliphatic heterocycles. The molecule has 1 saturated carbocycles. The van der Waals surface area contributed by atoms with Crippen LogP contribution in [0.3, 0.4) is 0 Å². The highest BCUT2D eigenvalue weighted by molar-refractivity contribution is 5.16. The number of allylic oxidation sites excluding steroid dienone is 3. The average molecular weight is 150 g/mol. The molecule has 0 spiro atoms. The Hall–Kier alpha value is -0.560. The third-order valence-corrected chi connectivity index (χ3v) is 2.78. The van der Waals surface area contributed by atoms with E-state index in [1.807, 2.05) is 0 Å². The maximum Gasteiger partial charge on any atom is 0.0608 e. The molecule has 1 fully saturated rings. The molecule has 1 N–H and O–H groups in total. The van der Waals surface area contributed by atoms with Gasteiger partial charge in [-0.2, -0.15) is 0 Å². The molecule has 0 heterocycles. The molecule has 0 radical (unpaired) electrons. The van der Waals surface area contributed by atoms with Gasteiger partial charge in [-0.15, -0.1) is 0 Å². The number of hydrogen-bond acceptors (Lipinski definition) is 1. The number of hydrogen-bond donors (Lipinski definition) is 1. The molecule has 1 nitrogen and oxygen atoms in total. The summed E-state index contributed by atoms with van der Waals surface area (Å²) in [6.07, 6.45) is 11.9. The van der Waals surface area contributed by atoms with Gasteiger partial charge in [0, 0.05) is 5.92 Å². The highest BCUT2D eigenvalue weighted by Crippen LogP contribution is 2.33. The van der Waals surface area contributed by atoms with Crippen molar-refractivity contribution in [3.8, 4) is 0 Å². The predicted molar refractivity (Wildman–Crippen MR) is 45.1 cm³/mol. The molecule has 60 valence electrons. The summed E-state index contributed by atoms with van der Waals surface area (Å²) >= 11 is 0. The quantitative estimate of drug-likeness (QED) is 0.559. The van der Waals surface area contributed by atoms with Crippen LogP contribution in [-0.2, 0) is 0 Å². The number of aliphatic hydroxyl groups is 1. The van der Waals surface area contributed by atoms with E-state index in [-0.39, 0.29) is 6.10 Å². The van der Waals surface area contributed by atoms with E-state index in [1.54, 1.807) is 0 Å². The van der Waals surface area contributed by atoms with Crippen molar-refractivity contribution in [1.29, 1.82) is 0 Å². The zero-order valence-corrected chi connectivity index (χ0v) is 6.61. The summed E-state index contributed by atoms with van der Waals surface area (Å²) in [5, 5.41) is 9.62. The van der Waals surface area contributed by atoms with E-state index in [4.69, 9.17) is 0 Å². The Kier molecular flexibility index (Phi) is 1.82. The van der Waals surface area contributed by atoms with Gasteiger partial charge < -0.3 is 5.11 Å². The molecule has 3 unspecified atom stereocenters. The van der Waals surface area contributed by atoms with Crippen LogP contribution in [-0.4, -0.2) is 11.2 Å². The summed E-state index contributed by atoms with van der Waals surface area (Å²) in [4.78, 5) is 0. The van der Waals surface area contributed by atoms with Crippen molar-refractivity contribution in [2.24, 2.45) is 11.8 Å². The number of aliphatic hydroxyl groups excluding tert-OH is 1. The monoisotopic (exact) mass is 150 g/mol. The van der Waals surface area contributed by atoms with Gasteiger partial charge in [0.25, 0.3) is 0 Å². The minimum Gasteiger partial charge on any atom is -0.392 e. The Morgan fingerprint density at radius 2 is 1.91 bits per heavy atom. The predicted octanol–water partition coefficient (Wildman–Crippen LogP) is 1.89. The van der Waals surface area contributed by atoms with E-state index < -0.39 is 0 Å². The summed E-state index contributed by atoms with van der Waals surface area (Å²) in [5.41, 5.74) is 0. The Balaban J connectivity index is 2.14. The Bertz CT molecular complexity index is 193. The molecule has 2 aliphatic rings. The lowest BCUT2D eigenvalue weighted by atomic mass is 9.75. The van der Waals surface area contributed by atoms with Crippen molar-refractivity contribution in [2.75, 3.05) is 0 Å². The fourth-order valence-corrected chi connectivity index (χ4v) is 2.13. The Morgan fingerprint density at radius 3 is 2.73 bits per heavy atom. The lowest BCUT2D eigenvalue weighted by Crippen LogP contribution is -2.30. The summed E-state index contributed by atoms with van der Waals surface area (Å²) < 4.78 is 0. The van der Waals surface area contributed by atoms with E-state index in [0.29, 0.717) is 11.8 Å². The fraction of sp³-hybridized carbons (Fsp3) is 0.600. The number of rotatable bonds is 0. The minimum atomic E-state index is -0.0880. The van der Waals surface area contributed by atoms with Gasteiger partial charge in [-0.25, -0.2) is 0 Å². The molecule has 0 aromatic heterocycles. The summed E-state index contributed by atoms with van der Waals surface area (Å²) in [7, 11) is 0. The lowest BCUT2D eigenvalue weighted by molar-refractivity contribution is 0.0708. The van der Waals surface area contributed by atoms with Gasteiger partial charge in [0.05, 0.1) is 6.10 Å². The topological polar surface area (TPSA) is 20.2 Å². The van der Waals surface area contributed by atoms with E-state index >= 15 is 0 Å². The van der Waals surface area contributed by atoms with Crippen molar-refractivity contribution >= 4 is 0 Å². The van der Waals surface area contributed by atoms with Gasteiger partial charge in [-0.1, -0.05) is 30.7 Å². The van der Waals surface area contributed by atoms with Crippen LogP contribution in [0.5, 0.6) is 0 Å². The maximum atomic E-state index is 9.62. The Morgan fingerprint density at radius 1 is 1.09 bits per heavy atom. The number of fused-ring (bicyclic) bond motifs is 1. The van der Waals surface area contributed by atoms with Crippen molar-refractivity contribution in [3.63, 3.8) is 0 Å². The molecular formula is C10H14O. The zero-order valence-electron chi connectivity index (χ0n) is 6.61. The highest BCUT2D eigenvalue weighted by atomic mass is 16.3. The van der Waals surface area contributed by atoms with Gasteiger partial charge in [0.15, 0.2) is 0 Å². The van der Waals surface area contributed by atoms with Crippen molar-refractivity contribution in [1.82, 2.24) is 0 Å². The van der Waals surface area contributed by atoms with Crippen LogP contribution in [0.25, 0.3) is 0 Å². The Labute approximate surface area is 67.4 Å². The molecule has 0 saturated heterocycles. The normalized spacial score (nSPS) is 42.1. The molecule has 0 amide bonds. The third kappa shape index (κ3) is 1.25. The summed E-state index contributed by atoms with van der Waals surface area (Å²) in [6.45, 7) is 0. The standard InChI is InChI=1S/C10H14O/c11-10-7-3-5-8-4-1-2-6-9(8)10/h1-2,4,6,8-11H,3,5,7H2. The molecule has 0 bridgehead atoms. The maximum absolute atomic E-state index is 9.62. The van der Waals surface area contributed by atoms with Crippen LogP contribution < -0.4 is 0 Å². The van der Waals surface area contributed by atoms with Gasteiger partial charge in [0.1, 0.15) is 0 Å². The van der Waals surface area contributed by atoms with Crippen LogP contribution in [0, 0.1) is 11.8 Å². The highest BCUT2D eigenvalue weighted by Gasteiger charge is 2.29. The van der Waals surface area contributed by atoms with E-state index in [0.717, 1.165) is 6.42 Å². The average Bonchev–Trinajstić information content (AvgIpc) is 2.06. The molecule has 0 aromatic carbocycles. The second-order valence-electron chi connectivity index (χ2n) is 3.51. The summed E-state index contributed by atoms with van der Waals surface area (Å²) in [6, 6.07) is 0.